The van der Waals surface area contributed by atoms with E-state index in [-0.39, 0.29) is 75.4 Å². The van der Waals surface area contributed by atoms with Crippen molar-refractivity contribution >= 4 is 45.4 Å². The smallest absolute Gasteiger partial charge is 0.462 e. The molecule has 0 saturated carbocycles. The molecule has 23 heteroatoms. The third-order valence-corrected chi connectivity index (χ3v) is 21.8. The Bertz CT molecular complexity index is 1970. The molecule has 0 aromatic rings. The monoisotopic (exact) mass is 1550 g/mol. The minimum atomic E-state index is -4.67. The van der Waals surface area contributed by atoms with Crippen LogP contribution < -0.4 is 31.9 Å². The van der Waals surface area contributed by atoms with Crippen LogP contribution in [0.15, 0.2) is 0 Å². The van der Waals surface area contributed by atoms with E-state index in [1.807, 2.05) is 0 Å². The molecule has 21 nitrogen and oxygen atoms in total. The van der Waals surface area contributed by atoms with Gasteiger partial charge in [-0.3, -0.25) is 37.3 Å². The predicted octanol–water partition coefficient (Wildman–Crippen LogP) is 21.3. The molecule has 4 amide bonds. The van der Waals surface area contributed by atoms with Crippen LogP contribution in [0.2, 0.25) is 0 Å². The normalized spacial score (nSPS) is 13.9. The molecule has 0 fully saturated rings. The highest BCUT2D eigenvalue weighted by molar-refractivity contribution is 7.47. The summed E-state index contributed by atoms with van der Waals surface area (Å²) in [5.41, 5.74) is 0. The number of ether oxygens (including phenoxy) is 2. The first-order valence-electron chi connectivity index (χ1n) is 44.2. The van der Waals surface area contributed by atoms with Gasteiger partial charge in [0.2, 0.25) is 11.8 Å². The van der Waals surface area contributed by atoms with Crippen molar-refractivity contribution in [3.63, 3.8) is 0 Å². The number of hydrogen-bond donors (Lipinski definition) is 8. The van der Waals surface area contributed by atoms with Crippen molar-refractivity contribution in [2.75, 3.05) is 65.7 Å². The van der Waals surface area contributed by atoms with Crippen LogP contribution in [0.25, 0.3) is 0 Å². The number of rotatable bonds is 84. The van der Waals surface area contributed by atoms with E-state index in [0.717, 1.165) is 154 Å². The SMILES string of the molecule is CCCCCCCCCCCCCC(=O)NC(CNCCC(CCCCCCC)OC(=O)CCCCCCCCCCC)COP(=O)(O)OCCNC(=O)NCCOP(=O)(O)OCC(CNCCC(CCCCCCC)OC(=O)CCCCCCCCCCC)NC(=O)CCCCCCCCCCCCC. The molecule has 8 N–H and O–H groups in total. The van der Waals surface area contributed by atoms with Crippen molar-refractivity contribution in [2.24, 2.45) is 0 Å². The number of phosphoric ester groups is 2. The molecule has 6 unspecified atom stereocenters. The summed E-state index contributed by atoms with van der Waals surface area (Å²) in [6.45, 7) is 12.8. The fraction of sp³-hybridized carbons (Fsp3) is 0.940. The summed E-state index contributed by atoms with van der Waals surface area (Å²) in [5.74, 6) is -0.703. The Hall–Kier alpha value is -2.71. The number of carbonyl (C=O) groups is 5. The number of urea groups is 1. The summed E-state index contributed by atoms with van der Waals surface area (Å²) < 4.78 is 59.8. The summed E-state index contributed by atoms with van der Waals surface area (Å²) in [4.78, 5) is 87.0. The second kappa shape index (κ2) is 77.6. The van der Waals surface area contributed by atoms with Gasteiger partial charge in [0.15, 0.2) is 0 Å². The molecule has 0 aliphatic rings. The fourth-order valence-electron chi connectivity index (χ4n) is 13.2. The van der Waals surface area contributed by atoms with E-state index < -0.39 is 47.0 Å². The molecule has 0 heterocycles. The van der Waals surface area contributed by atoms with E-state index in [2.05, 4.69) is 73.4 Å². The van der Waals surface area contributed by atoms with Gasteiger partial charge in [0.25, 0.3) is 0 Å². The van der Waals surface area contributed by atoms with Crippen molar-refractivity contribution in [2.45, 2.75) is 438 Å². The Morgan fingerprint density at radius 2 is 0.547 bits per heavy atom. The van der Waals surface area contributed by atoms with Gasteiger partial charge >= 0.3 is 33.6 Å². The highest BCUT2D eigenvalue weighted by Crippen LogP contribution is 2.44. The first-order valence-corrected chi connectivity index (χ1v) is 47.2. The summed E-state index contributed by atoms with van der Waals surface area (Å²) in [6.07, 6.45) is 61.0. The van der Waals surface area contributed by atoms with Crippen molar-refractivity contribution in [1.29, 1.82) is 0 Å². The van der Waals surface area contributed by atoms with Gasteiger partial charge in [0.05, 0.1) is 38.5 Å². The van der Waals surface area contributed by atoms with Crippen LogP contribution in [-0.4, -0.2) is 130 Å². The molecule has 0 bridgehead atoms. The second-order valence-electron chi connectivity index (χ2n) is 30.2. The van der Waals surface area contributed by atoms with Crippen LogP contribution in [-0.2, 0) is 55.9 Å². The minimum Gasteiger partial charge on any atom is -0.462 e. The zero-order valence-electron chi connectivity index (χ0n) is 69.0. The molecular formula is C83H166N6O15P2. The zero-order valence-corrected chi connectivity index (χ0v) is 70.8. The van der Waals surface area contributed by atoms with Gasteiger partial charge < -0.3 is 51.2 Å². The molecular weight excluding hydrogens is 1380 g/mol. The topological polar surface area (TPSA) is 288 Å². The molecule has 0 radical (unpaired) electrons. The summed E-state index contributed by atoms with van der Waals surface area (Å²) >= 11 is 0. The maximum absolute atomic E-state index is 13.3. The largest absolute Gasteiger partial charge is 0.472 e. The highest BCUT2D eigenvalue weighted by Gasteiger charge is 2.27. The number of unbranched alkanes of at least 4 members (excludes halogenated alkanes) is 44. The first-order chi connectivity index (χ1) is 51.5. The Morgan fingerprint density at radius 3 is 0.821 bits per heavy atom. The third kappa shape index (κ3) is 74.1. The number of amides is 4. The Kier molecular flexibility index (Phi) is 75.6. The predicted molar refractivity (Wildman–Crippen MR) is 436 cm³/mol. The van der Waals surface area contributed by atoms with Crippen molar-refractivity contribution in [3.05, 3.63) is 0 Å². The standard InChI is InChI=1S/C83H166N6O15P2/c1-7-13-19-25-29-33-35-39-41-47-53-59-79(90)88-75(71-84-65-63-77(57-51-45-23-17-11-5)103-81(92)61-55-49-43-37-31-27-21-15-9-3)73-101-105(95,96)99-69-67-86-83(94)87-68-70-100-106(97,98)102-74-76(89-80(91)60-54-48-42-40-36-34-30-26-20-14-8-2)72-85-66-64-78(58-52-46-24-18-12-6)104-82(93)62-56-50-44-38-32-28-22-16-10-4/h75-78,84-85H,7-74H2,1-6H3,(H,88,90)(H,89,91)(H,95,96)(H,97,98)(H2,86,87,94). The van der Waals surface area contributed by atoms with Gasteiger partial charge in [0, 0.05) is 51.9 Å². The number of carbonyl (C=O) groups excluding carboxylic acids is 5. The molecule has 0 aromatic heterocycles. The molecule has 0 aliphatic carbocycles. The Balaban J connectivity index is 5.56. The fourth-order valence-corrected chi connectivity index (χ4v) is 14.7. The van der Waals surface area contributed by atoms with Gasteiger partial charge in [-0.1, -0.05) is 324 Å². The van der Waals surface area contributed by atoms with Crippen molar-refractivity contribution in [3.8, 4) is 0 Å². The van der Waals surface area contributed by atoms with E-state index in [9.17, 15) is 42.9 Å². The van der Waals surface area contributed by atoms with E-state index in [1.165, 1.54) is 180 Å². The number of esters is 2. The molecule has 0 aliphatic heterocycles. The highest BCUT2D eigenvalue weighted by atomic mass is 31.2. The molecule has 0 saturated heterocycles. The van der Waals surface area contributed by atoms with Gasteiger partial charge in [-0.2, -0.15) is 0 Å². The van der Waals surface area contributed by atoms with Crippen LogP contribution in [0.1, 0.15) is 414 Å². The van der Waals surface area contributed by atoms with Gasteiger partial charge in [-0.25, -0.2) is 13.9 Å². The van der Waals surface area contributed by atoms with E-state index >= 15 is 0 Å². The Morgan fingerprint density at radius 1 is 0.302 bits per heavy atom. The number of phosphoric acid groups is 2. The first kappa shape index (κ1) is 103. The molecule has 0 aromatic carbocycles. The third-order valence-electron chi connectivity index (χ3n) is 19.8. The van der Waals surface area contributed by atoms with Gasteiger partial charge in [-0.15, -0.1) is 0 Å². The second-order valence-corrected chi connectivity index (χ2v) is 33.2. The lowest BCUT2D eigenvalue weighted by atomic mass is 10.1. The summed E-state index contributed by atoms with van der Waals surface area (Å²) in [6, 6.07) is -2.08. The van der Waals surface area contributed by atoms with Gasteiger partial charge in [0.1, 0.15) is 12.2 Å². The van der Waals surface area contributed by atoms with Gasteiger partial charge in [-0.05, 0) is 77.3 Å². The Labute approximate surface area is 648 Å². The minimum absolute atomic E-state index is 0.164. The van der Waals surface area contributed by atoms with Crippen LogP contribution in [0, 0.1) is 0 Å². The maximum atomic E-state index is 13.3. The van der Waals surface area contributed by atoms with Crippen LogP contribution in [0.4, 0.5) is 4.79 Å². The van der Waals surface area contributed by atoms with Crippen LogP contribution in [0.3, 0.4) is 0 Å². The zero-order chi connectivity index (χ0) is 77.8. The summed E-state index contributed by atoms with van der Waals surface area (Å²) in [5, 5.41) is 17.8. The summed E-state index contributed by atoms with van der Waals surface area (Å²) in [7, 11) is -9.34. The lowest BCUT2D eigenvalue weighted by molar-refractivity contribution is -0.150. The van der Waals surface area contributed by atoms with Crippen molar-refractivity contribution in [1.82, 2.24) is 31.9 Å². The quantitative estimate of drug-likeness (QED) is 0.0160. The lowest BCUT2D eigenvalue weighted by Gasteiger charge is -2.22. The number of nitrogens with one attached hydrogen (secondary N) is 6. The van der Waals surface area contributed by atoms with E-state index in [1.54, 1.807) is 0 Å². The van der Waals surface area contributed by atoms with E-state index in [0.29, 0.717) is 51.6 Å². The molecule has 628 valence electrons. The van der Waals surface area contributed by atoms with Crippen molar-refractivity contribution < 1.29 is 70.5 Å². The molecule has 0 rings (SSSR count). The maximum Gasteiger partial charge on any atom is 0.472 e. The van der Waals surface area contributed by atoms with Crippen LogP contribution in [0.5, 0.6) is 0 Å². The van der Waals surface area contributed by atoms with E-state index in [4.69, 9.17) is 27.6 Å². The molecule has 0 spiro atoms. The number of hydrogen-bond acceptors (Lipinski definition) is 15. The van der Waals surface area contributed by atoms with Crippen LogP contribution >= 0.6 is 15.6 Å². The lowest BCUT2D eigenvalue weighted by Crippen LogP contribution is -2.45. The molecule has 6 atom stereocenters. The molecule has 106 heavy (non-hydrogen) atoms. The average molecular weight is 1550 g/mol. The average Bonchev–Trinajstić information content (AvgIpc) is 0.919.